The molecule has 2 aromatic carbocycles. The molecule has 2 N–H and O–H groups in total. The minimum Gasteiger partial charge on any atom is -0.374 e. The summed E-state index contributed by atoms with van der Waals surface area (Å²) in [5, 5.41) is 5.43. The first-order chi connectivity index (χ1) is 13.0. The molecule has 144 valence electrons. The Labute approximate surface area is 161 Å². The zero-order valence-corrected chi connectivity index (χ0v) is 16.2. The maximum Gasteiger partial charge on any atom is 0.251 e. The summed E-state index contributed by atoms with van der Waals surface area (Å²) < 4.78 is 5.77. The van der Waals surface area contributed by atoms with Gasteiger partial charge < -0.3 is 15.4 Å². The average Bonchev–Trinajstić information content (AvgIpc) is 2.68. The van der Waals surface area contributed by atoms with Gasteiger partial charge in [-0.05, 0) is 56.0 Å². The van der Waals surface area contributed by atoms with Gasteiger partial charge in [0.2, 0.25) is 5.91 Å². The van der Waals surface area contributed by atoms with E-state index in [1.165, 1.54) is 0 Å². The third-order valence-electron chi connectivity index (χ3n) is 4.46. The van der Waals surface area contributed by atoms with Gasteiger partial charge in [0.05, 0.1) is 12.6 Å². The van der Waals surface area contributed by atoms with Crippen LogP contribution in [0.1, 0.15) is 46.5 Å². The molecule has 0 radical (unpaired) electrons. The molecule has 0 aliphatic rings. The molecule has 0 saturated carbocycles. The van der Waals surface area contributed by atoms with Gasteiger partial charge in [0.15, 0.2) is 0 Å². The Morgan fingerprint density at radius 1 is 1.00 bits per heavy atom. The number of carbonyl (C=O) groups excluding carboxylic acids is 2. The Balaban J connectivity index is 1.60. The summed E-state index contributed by atoms with van der Waals surface area (Å²) in [7, 11) is 0. The second-order valence-electron chi connectivity index (χ2n) is 6.61. The summed E-state index contributed by atoms with van der Waals surface area (Å²) in [5.41, 5.74) is 3.88. The molecule has 0 spiro atoms. The van der Waals surface area contributed by atoms with Crippen LogP contribution in [0.2, 0.25) is 0 Å². The van der Waals surface area contributed by atoms with E-state index in [0.717, 1.165) is 16.7 Å². The number of amides is 2. The molecule has 0 aromatic heterocycles. The molecular formula is C22H28N2O3. The van der Waals surface area contributed by atoms with E-state index >= 15 is 0 Å². The number of carbonyl (C=O) groups is 2. The van der Waals surface area contributed by atoms with E-state index in [4.69, 9.17) is 4.74 Å². The van der Waals surface area contributed by atoms with Gasteiger partial charge in [0.25, 0.3) is 5.91 Å². The van der Waals surface area contributed by atoms with Gasteiger partial charge in [-0.3, -0.25) is 9.59 Å². The Bertz CT molecular complexity index is 759. The minimum absolute atomic E-state index is 0.0270. The van der Waals surface area contributed by atoms with E-state index in [1.54, 1.807) is 6.07 Å². The number of benzene rings is 2. The maximum atomic E-state index is 12.1. The van der Waals surface area contributed by atoms with Crippen LogP contribution in [-0.2, 0) is 9.53 Å². The van der Waals surface area contributed by atoms with Gasteiger partial charge >= 0.3 is 0 Å². The lowest BCUT2D eigenvalue weighted by Crippen LogP contribution is -2.37. The quantitative estimate of drug-likeness (QED) is 0.667. The summed E-state index contributed by atoms with van der Waals surface area (Å²) in [4.78, 5) is 23.9. The Morgan fingerprint density at radius 3 is 2.44 bits per heavy atom. The van der Waals surface area contributed by atoms with Crippen LogP contribution in [0.15, 0.2) is 48.5 Å². The third kappa shape index (κ3) is 6.87. The molecule has 27 heavy (non-hydrogen) atoms. The van der Waals surface area contributed by atoms with Crippen molar-refractivity contribution >= 4 is 11.8 Å². The zero-order chi connectivity index (χ0) is 19.6. The van der Waals surface area contributed by atoms with Crippen LogP contribution in [0.25, 0.3) is 0 Å². The van der Waals surface area contributed by atoms with Crippen LogP contribution < -0.4 is 10.6 Å². The lowest BCUT2D eigenvalue weighted by Gasteiger charge is -2.13. The van der Waals surface area contributed by atoms with Crippen molar-refractivity contribution in [3.05, 3.63) is 70.8 Å². The summed E-state index contributed by atoms with van der Waals surface area (Å²) in [5.74, 6) is -0.448. The van der Waals surface area contributed by atoms with Crippen molar-refractivity contribution < 1.29 is 14.3 Å². The Kier molecular flexibility index (Phi) is 8.01. The highest BCUT2D eigenvalue weighted by Gasteiger charge is 2.09. The Morgan fingerprint density at radius 2 is 1.74 bits per heavy atom. The van der Waals surface area contributed by atoms with Crippen molar-refractivity contribution in [2.75, 3.05) is 19.7 Å². The molecule has 0 saturated heterocycles. The van der Waals surface area contributed by atoms with Gasteiger partial charge in [0, 0.05) is 18.7 Å². The smallest absolute Gasteiger partial charge is 0.251 e. The second kappa shape index (κ2) is 10.5. The average molecular weight is 368 g/mol. The number of hydrogen-bond acceptors (Lipinski definition) is 3. The van der Waals surface area contributed by atoms with Gasteiger partial charge in [-0.15, -0.1) is 0 Å². The highest BCUT2D eigenvalue weighted by Crippen LogP contribution is 2.15. The molecule has 1 unspecified atom stereocenters. The monoisotopic (exact) mass is 368 g/mol. The van der Waals surface area contributed by atoms with E-state index in [2.05, 4.69) is 10.6 Å². The molecule has 5 nitrogen and oxygen atoms in total. The molecule has 1 atom stereocenters. The largest absolute Gasteiger partial charge is 0.374 e. The van der Waals surface area contributed by atoms with Crippen LogP contribution in [0.4, 0.5) is 0 Å². The third-order valence-corrected chi connectivity index (χ3v) is 4.46. The van der Waals surface area contributed by atoms with Crippen LogP contribution in [-0.4, -0.2) is 31.5 Å². The summed E-state index contributed by atoms with van der Waals surface area (Å²) in [6.07, 6.45) is 0.743. The summed E-state index contributed by atoms with van der Waals surface area (Å²) in [6.45, 7) is 7.00. The minimum atomic E-state index is -0.242. The van der Waals surface area contributed by atoms with E-state index < -0.39 is 0 Å². The standard InChI is InChI=1S/C22H28N2O3/c1-16-10-11-20(14-17(16)2)22(26)24-15-21(25)23-12-7-13-27-18(3)19-8-5-4-6-9-19/h4-6,8-11,14,18H,7,12-13,15H2,1-3H3,(H,23,25)(H,24,26). The summed E-state index contributed by atoms with van der Waals surface area (Å²) >= 11 is 0. The van der Waals surface area contributed by atoms with E-state index in [1.807, 2.05) is 63.2 Å². The first-order valence-corrected chi connectivity index (χ1v) is 9.26. The van der Waals surface area contributed by atoms with Gasteiger partial charge in [-0.1, -0.05) is 36.4 Å². The SMILES string of the molecule is Cc1ccc(C(=O)NCC(=O)NCCCOC(C)c2ccccc2)cc1C. The fourth-order valence-corrected chi connectivity index (χ4v) is 2.59. The van der Waals surface area contributed by atoms with E-state index in [-0.39, 0.29) is 24.5 Å². The van der Waals surface area contributed by atoms with E-state index in [9.17, 15) is 9.59 Å². The number of ether oxygens (including phenoxy) is 1. The van der Waals surface area contributed by atoms with Crippen molar-refractivity contribution in [2.24, 2.45) is 0 Å². The molecule has 2 rings (SSSR count). The number of rotatable bonds is 9. The normalized spacial score (nSPS) is 11.7. The molecule has 0 bridgehead atoms. The first-order valence-electron chi connectivity index (χ1n) is 9.26. The van der Waals surface area contributed by atoms with Crippen LogP contribution in [0.3, 0.4) is 0 Å². The fourth-order valence-electron chi connectivity index (χ4n) is 2.59. The highest BCUT2D eigenvalue weighted by atomic mass is 16.5. The number of hydrogen-bond donors (Lipinski definition) is 2. The number of nitrogens with one attached hydrogen (secondary N) is 2. The topological polar surface area (TPSA) is 67.4 Å². The van der Waals surface area contributed by atoms with Gasteiger partial charge in [-0.25, -0.2) is 0 Å². The second-order valence-corrected chi connectivity index (χ2v) is 6.61. The molecule has 0 aliphatic heterocycles. The lowest BCUT2D eigenvalue weighted by atomic mass is 10.1. The fraction of sp³-hybridized carbons (Fsp3) is 0.364. The number of aryl methyl sites for hydroxylation is 2. The molecule has 0 heterocycles. The van der Waals surface area contributed by atoms with Crippen LogP contribution >= 0.6 is 0 Å². The molecule has 2 amide bonds. The highest BCUT2D eigenvalue weighted by molar-refractivity contribution is 5.96. The lowest BCUT2D eigenvalue weighted by molar-refractivity contribution is -0.120. The predicted molar refractivity (Wildman–Crippen MR) is 107 cm³/mol. The summed E-state index contributed by atoms with van der Waals surface area (Å²) in [6, 6.07) is 15.5. The first kappa shape index (κ1) is 20.6. The molecule has 0 fully saturated rings. The maximum absolute atomic E-state index is 12.1. The van der Waals surface area contributed by atoms with E-state index in [0.29, 0.717) is 25.1 Å². The molecule has 0 aliphatic carbocycles. The molecule has 5 heteroatoms. The Hall–Kier alpha value is -2.66. The van der Waals surface area contributed by atoms with Crippen molar-refractivity contribution in [2.45, 2.75) is 33.3 Å². The van der Waals surface area contributed by atoms with Gasteiger partial charge in [-0.2, -0.15) is 0 Å². The van der Waals surface area contributed by atoms with Crippen molar-refractivity contribution in [1.29, 1.82) is 0 Å². The predicted octanol–water partition coefficient (Wildman–Crippen LogP) is 3.32. The van der Waals surface area contributed by atoms with Crippen molar-refractivity contribution in [1.82, 2.24) is 10.6 Å². The molecule has 2 aromatic rings. The van der Waals surface area contributed by atoms with Crippen LogP contribution in [0, 0.1) is 13.8 Å². The zero-order valence-electron chi connectivity index (χ0n) is 16.2. The molecular weight excluding hydrogens is 340 g/mol. The van der Waals surface area contributed by atoms with Crippen LogP contribution in [0.5, 0.6) is 0 Å². The van der Waals surface area contributed by atoms with Gasteiger partial charge in [0.1, 0.15) is 0 Å². The van der Waals surface area contributed by atoms with Crippen molar-refractivity contribution in [3.63, 3.8) is 0 Å². The van der Waals surface area contributed by atoms with Crippen molar-refractivity contribution in [3.8, 4) is 0 Å².